The van der Waals surface area contributed by atoms with E-state index in [1.807, 2.05) is 29.2 Å². The van der Waals surface area contributed by atoms with Gasteiger partial charge >= 0.3 is 0 Å². The molecule has 2 fully saturated rings. The fraction of sp³-hybridized carbons (Fsp3) is 0.440. The topological polar surface area (TPSA) is 54.9 Å². The first-order valence-corrected chi connectivity index (χ1v) is 12.1. The normalized spacial score (nSPS) is 21.4. The molecule has 0 spiro atoms. The lowest BCUT2D eigenvalue weighted by Gasteiger charge is -2.30. The number of carbonyl (C=O) groups is 1. The molecule has 6 nitrogen and oxygen atoms in total. The third-order valence-electron chi connectivity index (χ3n) is 6.67. The highest BCUT2D eigenvalue weighted by Crippen LogP contribution is 2.40. The fourth-order valence-electron chi connectivity index (χ4n) is 5.08. The minimum atomic E-state index is 0.0241. The van der Waals surface area contributed by atoms with Crippen LogP contribution in [-0.4, -0.2) is 54.5 Å². The molecule has 1 aromatic heterocycles. The highest BCUT2D eigenvalue weighted by atomic mass is 32.1. The van der Waals surface area contributed by atoms with Crippen molar-refractivity contribution in [1.82, 2.24) is 14.8 Å². The van der Waals surface area contributed by atoms with E-state index in [9.17, 15) is 4.79 Å². The predicted molar refractivity (Wildman–Crippen MR) is 126 cm³/mol. The SMILES string of the molecule is COc1ccc(OC)c(C2CCCN2C(=O)CN2CCCC2c2nc3ccccc3s2)c1. The Hall–Kier alpha value is -2.64. The van der Waals surface area contributed by atoms with Crippen molar-refractivity contribution in [3.05, 3.63) is 53.0 Å². The second-order valence-corrected chi connectivity index (χ2v) is 9.56. The van der Waals surface area contributed by atoms with E-state index in [2.05, 4.69) is 23.1 Å². The number of methoxy groups -OCH3 is 2. The molecule has 7 heteroatoms. The zero-order valence-electron chi connectivity index (χ0n) is 18.6. The first kappa shape index (κ1) is 21.2. The number of likely N-dealkylation sites (tertiary alicyclic amines) is 2. The molecule has 2 aromatic carbocycles. The molecule has 0 radical (unpaired) electrons. The summed E-state index contributed by atoms with van der Waals surface area (Å²) in [6, 6.07) is 14.4. The average molecular weight is 452 g/mol. The van der Waals surface area contributed by atoms with E-state index in [1.54, 1.807) is 25.6 Å². The van der Waals surface area contributed by atoms with Gasteiger partial charge in [-0.3, -0.25) is 9.69 Å². The quantitative estimate of drug-likeness (QED) is 0.538. The van der Waals surface area contributed by atoms with Gasteiger partial charge in [0.05, 0.1) is 43.1 Å². The van der Waals surface area contributed by atoms with Crippen molar-refractivity contribution in [2.45, 2.75) is 37.8 Å². The molecule has 0 bridgehead atoms. The van der Waals surface area contributed by atoms with Gasteiger partial charge in [-0.05, 0) is 62.6 Å². The Morgan fingerprint density at radius 1 is 1.06 bits per heavy atom. The summed E-state index contributed by atoms with van der Waals surface area (Å²) in [7, 11) is 3.35. The molecule has 0 saturated carbocycles. The van der Waals surface area contributed by atoms with Crippen LogP contribution in [-0.2, 0) is 4.79 Å². The van der Waals surface area contributed by atoms with Crippen molar-refractivity contribution < 1.29 is 14.3 Å². The maximum atomic E-state index is 13.5. The number of hydrogen-bond acceptors (Lipinski definition) is 6. The molecule has 1 amide bonds. The maximum absolute atomic E-state index is 13.5. The van der Waals surface area contributed by atoms with E-state index in [0.717, 1.165) is 66.4 Å². The number of ether oxygens (including phenoxy) is 2. The van der Waals surface area contributed by atoms with Crippen LogP contribution in [0.4, 0.5) is 0 Å². The summed E-state index contributed by atoms with van der Waals surface area (Å²) >= 11 is 1.76. The summed E-state index contributed by atoms with van der Waals surface area (Å²) in [5, 5.41) is 1.13. The third kappa shape index (κ3) is 3.95. The number of carbonyl (C=O) groups excluding carboxylic acids is 1. The van der Waals surface area contributed by atoms with Crippen LogP contribution in [0.25, 0.3) is 10.2 Å². The second kappa shape index (κ2) is 9.08. The Kier molecular flexibility index (Phi) is 6.02. The van der Waals surface area contributed by atoms with E-state index in [1.165, 1.54) is 4.70 Å². The minimum absolute atomic E-state index is 0.0241. The van der Waals surface area contributed by atoms with Gasteiger partial charge in [-0.25, -0.2) is 4.98 Å². The van der Waals surface area contributed by atoms with Crippen molar-refractivity contribution in [3.63, 3.8) is 0 Å². The number of nitrogens with zero attached hydrogens (tertiary/aromatic N) is 3. The van der Waals surface area contributed by atoms with Gasteiger partial charge in [0.15, 0.2) is 0 Å². The molecule has 0 N–H and O–H groups in total. The lowest BCUT2D eigenvalue weighted by Crippen LogP contribution is -2.40. The number of rotatable bonds is 6. The van der Waals surface area contributed by atoms with Crippen molar-refractivity contribution in [1.29, 1.82) is 0 Å². The zero-order chi connectivity index (χ0) is 22.1. The van der Waals surface area contributed by atoms with Crippen molar-refractivity contribution in [3.8, 4) is 11.5 Å². The minimum Gasteiger partial charge on any atom is -0.497 e. The lowest BCUT2D eigenvalue weighted by atomic mass is 10.0. The highest BCUT2D eigenvalue weighted by molar-refractivity contribution is 7.18. The number of aromatic nitrogens is 1. The molecule has 3 aromatic rings. The largest absolute Gasteiger partial charge is 0.497 e. The highest BCUT2D eigenvalue weighted by Gasteiger charge is 2.36. The molecule has 0 aliphatic carbocycles. The molecule has 5 rings (SSSR count). The Balaban J connectivity index is 1.34. The van der Waals surface area contributed by atoms with Gasteiger partial charge in [0.1, 0.15) is 16.5 Å². The smallest absolute Gasteiger partial charge is 0.237 e. The summed E-state index contributed by atoms with van der Waals surface area (Å²) in [5.41, 5.74) is 2.08. The number of benzene rings is 2. The monoisotopic (exact) mass is 451 g/mol. The molecular weight excluding hydrogens is 422 g/mol. The van der Waals surface area contributed by atoms with E-state index >= 15 is 0 Å². The van der Waals surface area contributed by atoms with Crippen molar-refractivity contribution in [2.24, 2.45) is 0 Å². The number of thiazole rings is 1. The number of para-hydroxylation sites is 1. The molecular formula is C25H29N3O3S. The second-order valence-electron chi connectivity index (χ2n) is 8.50. The Morgan fingerprint density at radius 2 is 1.88 bits per heavy atom. The third-order valence-corrected chi connectivity index (χ3v) is 7.80. The zero-order valence-corrected chi connectivity index (χ0v) is 19.4. The number of hydrogen-bond donors (Lipinski definition) is 0. The molecule has 32 heavy (non-hydrogen) atoms. The van der Waals surface area contributed by atoms with Gasteiger partial charge in [0.25, 0.3) is 0 Å². The summed E-state index contributed by atoms with van der Waals surface area (Å²) in [4.78, 5) is 22.7. The molecule has 2 saturated heterocycles. The molecule has 2 aliphatic rings. The van der Waals surface area contributed by atoms with E-state index < -0.39 is 0 Å². The first-order valence-electron chi connectivity index (χ1n) is 11.3. The number of fused-ring (bicyclic) bond motifs is 1. The lowest BCUT2D eigenvalue weighted by molar-refractivity contribution is -0.133. The van der Waals surface area contributed by atoms with Gasteiger partial charge < -0.3 is 14.4 Å². The molecule has 3 heterocycles. The van der Waals surface area contributed by atoms with Crippen LogP contribution < -0.4 is 9.47 Å². The standard InChI is InChI=1S/C25H29N3O3S/c1-30-17-11-12-22(31-2)18(15-17)20-8-6-14-28(20)24(29)16-27-13-5-9-21(27)25-26-19-7-3-4-10-23(19)32-25/h3-4,7,10-12,15,20-21H,5-6,8-9,13-14,16H2,1-2H3. The van der Waals surface area contributed by atoms with Crippen molar-refractivity contribution in [2.75, 3.05) is 33.9 Å². The van der Waals surface area contributed by atoms with Crippen LogP contribution in [0.5, 0.6) is 11.5 Å². The van der Waals surface area contributed by atoms with E-state index in [4.69, 9.17) is 14.5 Å². The summed E-state index contributed by atoms with van der Waals surface area (Å²) in [6.45, 7) is 2.15. The Bertz CT molecular complexity index is 1080. The molecule has 2 atom stereocenters. The van der Waals surface area contributed by atoms with E-state index in [0.29, 0.717) is 6.54 Å². The number of amides is 1. The summed E-state index contributed by atoms with van der Waals surface area (Å²) in [5.74, 6) is 1.78. The summed E-state index contributed by atoms with van der Waals surface area (Å²) < 4.78 is 12.3. The fourth-order valence-corrected chi connectivity index (χ4v) is 6.22. The Labute approximate surface area is 192 Å². The van der Waals surface area contributed by atoms with Crippen LogP contribution >= 0.6 is 11.3 Å². The van der Waals surface area contributed by atoms with Crippen LogP contribution in [0, 0.1) is 0 Å². The van der Waals surface area contributed by atoms with Gasteiger partial charge in [0.2, 0.25) is 5.91 Å². The first-order chi connectivity index (χ1) is 15.7. The van der Waals surface area contributed by atoms with Crippen LogP contribution in [0.1, 0.15) is 48.3 Å². The van der Waals surface area contributed by atoms with Crippen LogP contribution in [0.2, 0.25) is 0 Å². The van der Waals surface area contributed by atoms with E-state index in [-0.39, 0.29) is 18.0 Å². The molecule has 2 unspecified atom stereocenters. The van der Waals surface area contributed by atoms with Crippen LogP contribution in [0.3, 0.4) is 0 Å². The molecule has 2 aliphatic heterocycles. The predicted octanol–water partition coefficient (Wildman–Crippen LogP) is 4.81. The van der Waals surface area contributed by atoms with Crippen molar-refractivity contribution >= 4 is 27.5 Å². The Morgan fingerprint density at radius 3 is 2.69 bits per heavy atom. The van der Waals surface area contributed by atoms with Gasteiger partial charge in [-0.15, -0.1) is 11.3 Å². The average Bonchev–Trinajstić information content (AvgIpc) is 3.57. The van der Waals surface area contributed by atoms with Gasteiger partial charge in [-0.2, -0.15) is 0 Å². The van der Waals surface area contributed by atoms with Gasteiger partial charge in [0, 0.05) is 12.1 Å². The maximum Gasteiger partial charge on any atom is 0.237 e. The molecule has 168 valence electrons. The van der Waals surface area contributed by atoms with Gasteiger partial charge in [-0.1, -0.05) is 12.1 Å². The van der Waals surface area contributed by atoms with Crippen LogP contribution in [0.15, 0.2) is 42.5 Å². The summed E-state index contributed by atoms with van der Waals surface area (Å²) in [6.07, 6.45) is 4.09.